The molecule has 0 unspecified atom stereocenters. The van der Waals surface area contributed by atoms with Crippen molar-refractivity contribution in [2.45, 2.75) is 77.0 Å². The van der Waals surface area contributed by atoms with E-state index >= 15 is 0 Å². The van der Waals surface area contributed by atoms with Crippen molar-refractivity contribution in [2.24, 2.45) is 11.8 Å². The molecule has 4 heteroatoms. The Morgan fingerprint density at radius 3 is 2.05 bits per heavy atom. The molecule has 0 aromatic rings. The Morgan fingerprint density at radius 2 is 1.36 bits per heavy atom. The standard InChI is InChI=1S/C18H32N2O2/c21-17(12-11-15-7-3-1-4-8-15)19-13-14-20-18(22)16-9-5-2-6-10-16/h15-16H,1-14H2,(H,19,21)(H,20,22). The van der Waals surface area contributed by atoms with Crippen molar-refractivity contribution in [3.8, 4) is 0 Å². The van der Waals surface area contributed by atoms with Gasteiger partial charge in [0, 0.05) is 25.4 Å². The molecule has 2 fully saturated rings. The molecule has 0 aliphatic heterocycles. The highest BCUT2D eigenvalue weighted by molar-refractivity contribution is 5.79. The van der Waals surface area contributed by atoms with Gasteiger partial charge in [-0.3, -0.25) is 9.59 Å². The molecule has 0 aromatic heterocycles. The van der Waals surface area contributed by atoms with E-state index < -0.39 is 0 Å². The minimum Gasteiger partial charge on any atom is -0.354 e. The second-order valence-corrected chi connectivity index (χ2v) is 7.02. The van der Waals surface area contributed by atoms with Crippen molar-refractivity contribution >= 4 is 11.8 Å². The molecule has 0 bridgehead atoms. The minimum absolute atomic E-state index is 0.137. The summed E-state index contributed by atoms with van der Waals surface area (Å²) >= 11 is 0. The molecule has 0 heterocycles. The van der Waals surface area contributed by atoms with Crippen LogP contribution in [0.25, 0.3) is 0 Å². The highest BCUT2D eigenvalue weighted by Gasteiger charge is 2.20. The fourth-order valence-corrected chi connectivity index (χ4v) is 3.80. The average Bonchev–Trinajstić information content (AvgIpc) is 2.58. The van der Waals surface area contributed by atoms with Gasteiger partial charge in [0.1, 0.15) is 0 Å². The van der Waals surface area contributed by atoms with Gasteiger partial charge in [0.05, 0.1) is 0 Å². The van der Waals surface area contributed by atoms with Crippen LogP contribution in [0.2, 0.25) is 0 Å². The first-order valence-electron chi connectivity index (χ1n) is 9.30. The predicted molar refractivity (Wildman–Crippen MR) is 88.4 cm³/mol. The van der Waals surface area contributed by atoms with Crippen LogP contribution in [-0.4, -0.2) is 24.9 Å². The molecule has 22 heavy (non-hydrogen) atoms. The predicted octanol–water partition coefficient (Wildman–Crippen LogP) is 3.16. The average molecular weight is 308 g/mol. The van der Waals surface area contributed by atoms with Gasteiger partial charge < -0.3 is 10.6 Å². The number of amides is 2. The second kappa shape index (κ2) is 9.86. The topological polar surface area (TPSA) is 58.2 Å². The second-order valence-electron chi connectivity index (χ2n) is 7.02. The number of hydrogen-bond acceptors (Lipinski definition) is 2. The highest BCUT2D eigenvalue weighted by Crippen LogP contribution is 2.27. The Bertz CT molecular complexity index is 345. The third-order valence-corrected chi connectivity index (χ3v) is 5.23. The number of carbonyl (C=O) groups excluding carboxylic acids is 2. The molecule has 0 radical (unpaired) electrons. The fourth-order valence-electron chi connectivity index (χ4n) is 3.80. The maximum Gasteiger partial charge on any atom is 0.223 e. The first kappa shape index (κ1) is 17.3. The summed E-state index contributed by atoms with van der Waals surface area (Å²) in [5.74, 6) is 1.27. The zero-order valence-electron chi connectivity index (χ0n) is 13.9. The molecule has 2 N–H and O–H groups in total. The van der Waals surface area contributed by atoms with Crippen LogP contribution in [0.3, 0.4) is 0 Å². The van der Waals surface area contributed by atoms with E-state index in [4.69, 9.17) is 0 Å². The van der Waals surface area contributed by atoms with Gasteiger partial charge in [0.15, 0.2) is 0 Å². The van der Waals surface area contributed by atoms with Crippen LogP contribution in [0.5, 0.6) is 0 Å². The number of hydrogen-bond donors (Lipinski definition) is 2. The SMILES string of the molecule is O=C(CCC1CCCCC1)NCCNC(=O)C1CCCCC1. The third-order valence-electron chi connectivity index (χ3n) is 5.23. The van der Waals surface area contributed by atoms with Crippen molar-refractivity contribution in [1.29, 1.82) is 0 Å². The van der Waals surface area contributed by atoms with E-state index in [9.17, 15) is 9.59 Å². The van der Waals surface area contributed by atoms with E-state index in [0.717, 1.165) is 25.2 Å². The molecule has 2 aliphatic carbocycles. The zero-order chi connectivity index (χ0) is 15.6. The lowest BCUT2D eigenvalue weighted by Crippen LogP contribution is -2.38. The summed E-state index contributed by atoms with van der Waals surface area (Å²) in [6.45, 7) is 1.12. The maximum atomic E-state index is 12.0. The van der Waals surface area contributed by atoms with Crippen LogP contribution < -0.4 is 10.6 Å². The smallest absolute Gasteiger partial charge is 0.223 e. The normalized spacial score (nSPS) is 20.5. The van der Waals surface area contributed by atoms with E-state index in [1.54, 1.807) is 0 Å². The van der Waals surface area contributed by atoms with Crippen molar-refractivity contribution in [3.05, 3.63) is 0 Å². The lowest BCUT2D eigenvalue weighted by molar-refractivity contribution is -0.126. The van der Waals surface area contributed by atoms with E-state index in [0.29, 0.717) is 19.5 Å². The summed E-state index contributed by atoms with van der Waals surface area (Å²) in [7, 11) is 0. The van der Waals surface area contributed by atoms with Crippen LogP contribution in [-0.2, 0) is 9.59 Å². The maximum absolute atomic E-state index is 12.0. The van der Waals surface area contributed by atoms with Crippen molar-refractivity contribution in [3.63, 3.8) is 0 Å². The summed E-state index contributed by atoms with van der Waals surface area (Å²) in [5.41, 5.74) is 0. The van der Waals surface area contributed by atoms with Crippen LogP contribution in [0.1, 0.15) is 77.0 Å². The summed E-state index contributed by atoms with van der Waals surface area (Å²) in [4.78, 5) is 23.8. The van der Waals surface area contributed by atoms with Gasteiger partial charge in [-0.2, -0.15) is 0 Å². The van der Waals surface area contributed by atoms with Crippen LogP contribution >= 0.6 is 0 Å². The fraction of sp³-hybridized carbons (Fsp3) is 0.889. The Kier molecular flexibility index (Phi) is 7.75. The molecule has 0 aromatic carbocycles. The summed E-state index contributed by atoms with van der Waals surface area (Å²) in [5, 5.41) is 5.89. The van der Waals surface area contributed by atoms with Gasteiger partial charge in [-0.15, -0.1) is 0 Å². The van der Waals surface area contributed by atoms with Gasteiger partial charge in [-0.1, -0.05) is 51.4 Å². The largest absolute Gasteiger partial charge is 0.354 e. The van der Waals surface area contributed by atoms with Gasteiger partial charge in [0.2, 0.25) is 11.8 Å². The van der Waals surface area contributed by atoms with Crippen LogP contribution in [0.4, 0.5) is 0 Å². The van der Waals surface area contributed by atoms with Crippen LogP contribution in [0, 0.1) is 11.8 Å². The molecule has 2 rings (SSSR count). The molecule has 0 atom stereocenters. The first-order valence-corrected chi connectivity index (χ1v) is 9.30. The van der Waals surface area contributed by atoms with Crippen molar-refractivity contribution in [1.82, 2.24) is 10.6 Å². The lowest BCUT2D eigenvalue weighted by atomic mass is 9.86. The lowest BCUT2D eigenvalue weighted by Gasteiger charge is -2.21. The monoisotopic (exact) mass is 308 g/mol. The van der Waals surface area contributed by atoms with E-state index in [1.807, 2.05) is 0 Å². The Labute approximate surface area is 134 Å². The Balaban J connectivity index is 1.48. The first-order chi connectivity index (χ1) is 10.8. The summed E-state index contributed by atoms with van der Waals surface area (Å²) in [6.07, 6.45) is 14.0. The summed E-state index contributed by atoms with van der Waals surface area (Å²) in [6, 6.07) is 0. The Morgan fingerprint density at radius 1 is 0.773 bits per heavy atom. The highest BCUT2D eigenvalue weighted by atomic mass is 16.2. The number of carbonyl (C=O) groups is 2. The molecular formula is C18H32N2O2. The number of rotatable bonds is 7. The molecule has 4 nitrogen and oxygen atoms in total. The Hall–Kier alpha value is -1.06. The molecule has 0 saturated heterocycles. The van der Waals surface area contributed by atoms with E-state index in [-0.39, 0.29) is 17.7 Å². The van der Waals surface area contributed by atoms with E-state index in [1.165, 1.54) is 51.4 Å². The van der Waals surface area contributed by atoms with Gasteiger partial charge >= 0.3 is 0 Å². The minimum atomic E-state index is 0.137. The molecule has 2 saturated carbocycles. The molecule has 126 valence electrons. The molecule has 2 aliphatic rings. The van der Waals surface area contributed by atoms with Crippen molar-refractivity contribution < 1.29 is 9.59 Å². The molecule has 2 amide bonds. The number of nitrogens with one attached hydrogen (secondary N) is 2. The van der Waals surface area contributed by atoms with Gasteiger partial charge in [0.25, 0.3) is 0 Å². The quantitative estimate of drug-likeness (QED) is 0.710. The van der Waals surface area contributed by atoms with Gasteiger partial charge in [-0.25, -0.2) is 0 Å². The van der Waals surface area contributed by atoms with Crippen molar-refractivity contribution in [2.75, 3.05) is 13.1 Å². The molecule has 0 spiro atoms. The third kappa shape index (κ3) is 6.37. The van der Waals surface area contributed by atoms with Crippen LogP contribution in [0.15, 0.2) is 0 Å². The van der Waals surface area contributed by atoms with Gasteiger partial charge in [-0.05, 0) is 25.2 Å². The zero-order valence-corrected chi connectivity index (χ0v) is 13.9. The van der Waals surface area contributed by atoms with E-state index in [2.05, 4.69) is 10.6 Å². The molecular weight excluding hydrogens is 276 g/mol. The summed E-state index contributed by atoms with van der Waals surface area (Å²) < 4.78 is 0.